The highest BCUT2D eigenvalue weighted by Crippen LogP contribution is 2.39. The zero-order chi connectivity index (χ0) is 12.9. The van der Waals surface area contributed by atoms with Crippen molar-refractivity contribution in [2.45, 2.75) is 48.6 Å². The Morgan fingerprint density at radius 3 is 2.94 bits per heavy atom. The molecule has 4 nitrogen and oxygen atoms in total. The van der Waals surface area contributed by atoms with E-state index in [0.29, 0.717) is 10.5 Å². The number of rotatable bonds is 6. The van der Waals surface area contributed by atoms with Crippen LogP contribution in [0.4, 0.5) is 0 Å². The third kappa shape index (κ3) is 3.60. The molecule has 0 saturated heterocycles. The fourth-order valence-corrected chi connectivity index (χ4v) is 3.94. The van der Waals surface area contributed by atoms with Crippen LogP contribution >= 0.6 is 11.8 Å². The van der Waals surface area contributed by atoms with Crippen molar-refractivity contribution in [2.24, 2.45) is 0 Å². The van der Waals surface area contributed by atoms with Gasteiger partial charge in [0.1, 0.15) is 5.54 Å². The van der Waals surface area contributed by atoms with E-state index in [2.05, 4.69) is 12.2 Å². The normalized spacial score (nSPS) is 30.2. The summed E-state index contributed by atoms with van der Waals surface area (Å²) in [4.78, 5) is 11.8. The first-order chi connectivity index (χ1) is 8.07. The topological polar surface area (TPSA) is 58.6 Å². The molecule has 1 fully saturated rings. The van der Waals surface area contributed by atoms with Crippen LogP contribution in [0.15, 0.2) is 0 Å². The number of carbonyl (C=O) groups is 1. The third-order valence-corrected chi connectivity index (χ3v) is 4.97. The van der Waals surface area contributed by atoms with Crippen LogP contribution in [0, 0.1) is 0 Å². The lowest BCUT2D eigenvalue weighted by Crippen LogP contribution is -2.49. The molecular weight excluding hydrogens is 238 g/mol. The van der Waals surface area contributed by atoms with Crippen LogP contribution < -0.4 is 5.32 Å². The molecule has 0 bridgehead atoms. The number of hydrogen-bond acceptors (Lipinski definition) is 5. The SMILES string of the molecule is CNC1(C(=O)OC)CCC(SC(C)CCO)C1. The lowest BCUT2D eigenvalue weighted by Gasteiger charge is -2.26. The maximum absolute atomic E-state index is 11.8. The van der Waals surface area contributed by atoms with Crippen LogP contribution in [-0.2, 0) is 9.53 Å². The van der Waals surface area contributed by atoms with Gasteiger partial charge < -0.3 is 15.2 Å². The molecule has 17 heavy (non-hydrogen) atoms. The largest absolute Gasteiger partial charge is 0.468 e. The zero-order valence-electron chi connectivity index (χ0n) is 10.9. The van der Waals surface area contributed by atoms with E-state index in [1.807, 2.05) is 18.8 Å². The molecule has 0 aromatic rings. The molecule has 0 aliphatic heterocycles. The van der Waals surface area contributed by atoms with Crippen molar-refractivity contribution in [3.63, 3.8) is 0 Å². The molecule has 0 radical (unpaired) electrons. The molecular formula is C12H23NO3S. The maximum atomic E-state index is 11.8. The molecule has 100 valence electrons. The van der Waals surface area contributed by atoms with Crippen molar-refractivity contribution >= 4 is 17.7 Å². The first-order valence-corrected chi connectivity index (χ1v) is 7.06. The highest BCUT2D eigenvalue weighted by molar-refractivity contribution is 8.00. The molecule has 1 saturated carbocycles. The number of thioether (sulfide) groups is 1. The summed E-state index contributed by atoms with van der Waals surface area (Å²) in [5.74, 6) is -0.155. The van der Waals surface area contributed by atoms with Gasteiger partial charge in [0.05, 0.1) is 7.11 Å². The Morgan fingerprint density at radius 2 is 2.41 bits per heavy atom. The summed E-state index contributed by atoms with van der Waals surface area (Å²) in [7, 11) is 3.26. The molecule has 3 atom stereocenters. The van der Waals surface area contributed by atoms with Gasteiger partial charge in [-0.25, -0.2) is 0 Å². The molecule has 5 heteroatoms. The number of likely N-dealkylation sites (N-methyl/N-ethyl adjacent to an activating group) is 1. The Balaban J connectivity index is 2.52. The first-order valence-electron chi connectivity index (χ1n) is 6.11. The summed E-state index contributed by atoms with van der Waals surface area (Å²) in [6.45, 7) is 2.35. The van der Waals surface area contributed by atoms with E-state index in [0.717, 1.165) is 25.7 Å². The Kier molecular flexibility index (Phi) is 5.76. The average Bonchev–Trinajstić information content (AvgIpc) is 2.73. The Bertz CT molecular complexity index is 262. The highest BCUT2D eigenvalue weighted by atomic mass is 32.2. The summed E-state index contributed by atoms with van der Waals surface area (Å²) in [5.41, 5.74) is -0.495. The maximum Gasteiger partial charge on any atom is 0.326 e. The summed E-state index contributed by atoms with van der Waals surface area (Å²) < 4.78 is 4.88. The number of nitrogens with one attached hydrogen (secondary N) is 1. The monoisotopic (exact) mass is 261 g/mol. The van der Waals surface area contributed by atoms with Gasteiger partial charge in [-0.1, -0.05) is 6.92 Å². The molecule has 1 rings (SSSR count). The summed E-state index contributed by atoms with van der Waals surface area (Å²) in [5, 5.41) is 12.9. The first kappa shape index (κ1) is 14.8. The smallest absolute Gasteiger partial charge is 0.326 e. The van der Waals surface area contributed by atoms with Gasteiger partial charge in [-0.2, -0.15) is 11.8 Å². The number of carbonyl (C=O) groups excluding carboxylic acids is 1. The second kappa shape index (κ2) is 6.61. The summed E-state index contributed by atoms with van der Waals surface area (Å²) >= 11 is 1.87. The predicted molar refractivity (Wildman–Crippen MR) is 70.2 cm³/mol. The minimum absolute atomic E-state index is 0.155. The molecule has 2 N–H and O–H groups in total. The Labute approximate surface area is 107 Å². The average molecular weight is 261 g/mol. The van der Waals surface area contributed by atoms with Gasteiger partial charge in [-0.05, 0) is 32.7 Å². The second-order valence-electron chi connectivity index (χ2n) is 4.65. The van der Waals surface area contributed by atoms with Crippen molar-refractivity contribution in [2.75, 3.05) is 20.8 Å². The molecule has 0 heterocycles. The van der Waals surface area contributed by atoms with Crippen LogP contribution in [0.1, 0.15) is 32.6 Å². The van der Waals surface area contributed by atoms with Crippen LogP contribution in [-0.4, -0.2) is 47.9 Å². The van der Waals surface area contributed by atoms with Crippen molar-refractivity contribution in [1.82, 2.24) is 5.32 Å². The van der Waals surface area contributed by atoms with Gasteiger partial charge in [0.25, 0.3) is 0 Å². The molecule has 1 aliphatic carbocycles. The number of aliphatic hydroxyl groups is 1. The molecule has 0 spiro atoms. The molecule has 1 aliphatic rings. The highest BCUT2D eigenvalue weighted by Gasteiger charge is 2.45. The van der Waals surface area contributed by atoms with E-state index < -0.39 is 5.54 Å². The van der Waals surface area contributed by atoms with Crippen molar-refractivity contribution < 1.29 is 14.6 Å². The van der Waals surface area contributed by atoms with E-state index in [4.69, 9.17) is 9.84 Å². The van der Waals surface area contributed by atoms with E-state index in [1.54, 1.807) is 0 Å². The second-order valence-corrected chi connectivity index (χ2v) is 6.39. The lowest BCUT2D eigenvalue weighted by atomic mass is 9.98. The summed E-state index contributed by atoms with van der Waals surface area (Å²) in [6.07, 6.45) is 3.48. The number of aliphatic hydroxyl groups excluding tert-OH is 1. The van der Waals surface area contributed by atoms with Gasteiger partial charge in [0, 0.05) is 17.1 Å². The molecule has 0 aromatic heterocycles. The van der Waals surface area contributed by atoms with Gasteiger partial charge in [0.15, 0.2) is 0 Å². The minimum Gasteiger partial charge on any atom is -0.468 e. The van der Waals surface area contributed by atoms with Crippen LogP contribution in [0.2, 0.25) is 0 Å². The lowest BCUT2D eigenvalue weighted by molar-refractivity contribution is -0.148. The van der Waals surface area contributed by atoms with E-state index in [-0.39, 0.29) is 12.6 Å². The van der Waals surface area contributed by atoms with Gasteiger partial charge >= 0.3 is 5.97 Å². The van der Waals surface area contributed by atoms with Crippen LogP contribution in [0.5, 0.6) is 0 Å². The minimum atomic E-state index is -0.495. The molecule has 0 aromatic carbocycles. The molecule has 0 amide bonds. The predicted octanol–water partition coefficient (Wildman–Crippen LogP) is 1.17. The fraction of sp³-hybridized carbons (Fsp3) is 0.917. The quantitative estimate of drug-likeness (QED) is 0.703. The summed E-state index contributed by atoms with van der Waals surface area (Å²) in [6, 6.07) is 0. The van der Waals surface area contributed by atoms with Gasteiger partial charge in [-0.15, -0.1) is 0 Å². The third-order valence-electron chi connectivity index (χ3n) is 3.48. The van der Waals surface area contributed by atoms with Crippen LogP contribution in [0.3, 0.4) is 0 Å². The number of esters is 1. The van der Waals surface area contributed by atoms with Crippen molar-refractivity contribution in [3.8, 4) is 0 Å². The van der Waals surface area contributed by atoms with E-state index in [9.17, 15) is 4.79 Å². The Hall–Kier alpha value is -0.260. The molecule has 3 unspecified atom stereocenters. The van der Waals surface area contributed by atoms with E-state index >= 15 is 0 Å². The zero-order valence-corrected chi connectivity index (χ0v) is 11.7. The standard InChI is InChI=1S/C12H23NO3S/c1-9(5-7-14)17-10-4-6-12(8-10,13-2)11(15)16-3/h9-10,13-14H,4-8H2,1-3H3. The number of hydrogen-bond donors (Lipinski definition) is 2. The number of ether oxygens (including phenoxy) is 1. The van der Waals surface area contributed by atoms with Gasteiger partial charge in [0.2, 0.25) is 0 Å². The fourth-order valence-electron chi connectivity index (χ4n) is 2.40. The van der Waals surface area contributed by atoms with Crippen molar-refractivity contribution in [1.29, 1.82) is 0 Å². The van der Waals surface area contributed by atoms with Crippen molar-refractivity contribution in [3.05, 3.63) is 0 Å². The Morgan fingerprint density at radius 1 is 1.71 bits per heavy atom. The van der Waals surface area contributed by atoms with Gasteiger partial charge in [-0.3, -0.25) is 4.79 Å². The number of methoxy groups -OCH3 is 1. The van der Waals surface area contributed by atoms with E-state index in [1.165, 1.54) is 7.11 Å². The van der Waals surface area contributed by atoms with Crippen LogP contribution in [0.25, 0.3) is 0 Å².